The Labute approximate surface area is 138 Å². The van der Waals surface area contributed by atoms with E-state index in [-0.39, 0.29) is 0 Å². The van der Waals surface area contributed by atoms with Crippen LogP contribution < -0.4 is 14.5 Å². The summed E-state index contributed by atoms with van der Waals surface area (Å²) in [5, 5.41) is 0. The molecule has 0 aliphatic carbocycles. The number of hydrogen-bond donors (Lipinski definition) is 0. The van der Waals surface area contributed by atoms with Crippen molar-refractivity contribution in [3.63, 3.8) is 0 Å². The van der Waals surface area contributed by atoms with Crippen LogP contribution in [0.5, 0.6) is 5.75 Å². The lowest BCUT2D eigenvalue weighted by molar-refractivity contribution is 0.122. The van der Waals surface area contributed by atoms with Gasteiger partial charge in [-0.1, -0.05) is 0 Å². The zero-order valence-corrected chi connectivity index (χ0v) is 14.1. The second-order valence-electron chi connectivity index (χ2n) is 6.86. The number of rotatable bonds is 2. The molecule has 6 nitrogen and oxygen atoms in total. The van der Waals surface area contributed by atoms with Crippen LogP contribution in [0.3, 0.4) is 0 Å². The van der Waals surface area contributed by atoms with Crippen molar-refractivity contribution in [2.45, 2.75) is 25.9 Å². The molecule has 2 fully saturated rings. The third-order valence-electron chi connectivity index (χ3n) is 5.14. The van der Waals surface area contributed by atoms with Gasteiger partial charge in [0.25, 0.3) is 0 Å². The first-order chi connectivity index (χ1) is 11.2. The van der Waals surface area contributed by atoms with Crippen LogP contribution in [-0.2, 0) is 4.74 Å². The number of hydrogen-bond acceptors (Lipinski definition) is 6. The van der Waals surface area contributed by atoms with Crippen LogP contribution in [0, 0.1) is 0 Å². The normalized spacial score (nSPS) is 25.1. The summed E-state index contributed by atoms with van der Waals surface area (Å²) in [4.78, 5) is 12.0. The highest BCUT2D eigenvalue weighted by atomic mass is 16.5. The van der Waals surface area contributed by atoms with Gasteiger partial charge in [0.15, 0.2) is 11.6 Å². The molecule has 1 aromatic rings. The molecule has 0 N–H and O–H groups in total. The molecule has 2 saturated heterocycles. The topological polar surface area (TPSA) is 41.1 Å². The number of anilines is 2. The van der Waals surface area contributed by atoms with E-state index in [4.69, 9.17) is 14.5 Å². The largest absolute Gasteiger partial charge is 0.487 e. The third kappa shape index (κ3) is 2.85. The molecule has 3 aliphatic heterocycles. The molecular weight excluding hydrogens is 292 g/mol. The molecule has 23 heavy (non-hydrogen) atoms. The van der Waals surface area contributed by atoms with Crippen LogP contribution in [0.1, 0.15) is 13.8 Å². The van der Waals surface area contributed by atoms with Gasteiger partial charge in [0.2, 0.25) is 0 Å². The summed E-state index contributed by atoms with van der Waals surface area (Å²) in [5.74, 6) is 1.95. The number of nitrogens with zero attached hydrogens (tertiary/aromatic N) is 4. The quantitative estimate of drug-likeness (QED) is 0.816. The summed E-state index contributed by atoms with van der Waals surface area (Å²) in [5.41, 5.74) is 1.14. The van der Waals surface area contributed by atoms with Gasteiger partial charge in [-0.2, -0.15) is 0 Å². The van der Waals surface area contributed by atoms with Gasteiger partial charge >= 0.3 is 0 Å². The van der Waals surface area contributed by atoms with Crippen molar-refractivity contribution in [1.82, 2.24) is 9.88 Å². The average Bonchev–Trinajstić information content (AvgIpc) is 2.61. The molecule has 0 bridgehead atoms. The minimum Gasteiger partial charge on any atom is -0.487 e. The first-order valence-electron chi connectivity index (χ1n) is 8.68. The molecule has 1 aromatic heterocycles. The molecular formula is C17H26N4O2. The summed E-state index contributed by atoms with van der Waals surface area (Å²) < 4.78 is 11.5. The third-order valence-corrected chi connectivity index (χ3v) is 5.14. The van der Waals surface area contributed by atoms with Gasteiger partial charge in [-0.05, 0) is 13.8 Å². The minimum absolute atomic E-state index is 0.417. The smallest absolute Gasteiger partial charge is 0.171 e. The van der Waals surface area contributed by atoms with Gasteiger partial charge in [-0.25, -0.2) is 4.98 Å². The minimum atomic E-state index is 0.417. The molecule has 0 radical (unpaired) electrons. The van der Waals surface area contributed by atoms with E-state index in [9.17, 15) is 0 Å². The maximum absolute atomic E-state index is 6.06. The molecule has 1 atom stereocenters. The Kier molecular flexibility index (Phi) is 4.03. The van der Waals surface area contributed by atoms with E-state index in [0.29, 0.717) is 12.1 Å². The maximum atomic E-state index is 6.06. The van der Waals surface area contributed by atoms with E-state index in [1.165, 1.54) is 0 Å². The first kappa shape index (κ1) is 15.0. The highest BCUT2D eigenvalue weighted by molar-refractivity contribution is 5.62. The SMILES string of the molecule is CC(C)N1CCN2c3ncc(N4CCOCC4)cc3OCC2C1. The standard InChI is InChI=1S/C17H26N4O2/c1-13(2)20-3-4-21-15(11-20)12-23-16-9-14(10-18-17(16)21)19-5-7-22-8-6-19/h9-10,13,15H,3-8,11-12H2,1-2H3. The summed E-state index contributed by atoms with van der Waals surface area (Å²) in [6, 6.07) is 3.16. The van der Waals surface area contributed by atoms with E-state index in [2.05, 4.69) is 34.6 Å². The number of morpholine rings is 1. The molecule has 0 amide bonds. The Morgan fingerprint density at radius 2 is 2.00 bits per heavy atom. The highest BCUT2D eigenvalue weighted by Gasteiger charge is 2.34. The monoisotopic (exact) mass is 318 g/mol. The summed E-state index contributed by atoms with van der Waals surface area (Å²) in [7, 11) is 0. The molecule has 6 heteroatoms. The molecule has 3 aliphatic rings. The van der Waals surface area contributed by atoms with Crippen LogP contribution in [0.15, 0.2) is 12.3 Å². The average molecular weight is 318 g/mol. The van der Waals surface area contributed by atoms with E-state index in [0.717, 1.165) is 69.8 Å². The Morgan fingerprint density at radius 3 is 2.78 bits per heavy atom. The predicted molar refractivity (Wildman–Crippen MR) is 90.6 cm³/mol. The van der Waals surface area contributed by atoms with E-state index in [1.54, 1.807) is 0 Å². The Bertz CT molecular complexity index is 560. The van der Waals surface area contributed by atoms with Crippen LogP contribution in [-0.4, -0.2) is 74.5 Å². The van der Waals surface area contributed by atoms with E-state index in [1.807, 2.05) is 6.20 Å². The fourth-order valence-electron chi connectivity index (χ4n) is 3.70. The summed E-state index contributed by atoms with van der Waals surface area (Å²) in [6.07, 6.45) is 1.99. The molecule has 0 aromatic carbocycles. The van der Waals surface area contributed by atoms with Crippen LogP contribution in [0.2, 0.25) is 0 Å². The van der Waals surface area contributed by atoms with Crippen molar-refractivity contribution < 1.29 is 9.47 Å². The summed E-state index contributed by atoms with van der Waals surface area (Å²) >= 11 is 0. The van der Waals surface area contributed by atoms with E-state index < -0.39 is 0 Å². The van der Waals surface area contributed by atoms with E-state index >= 15 is 0 Å². The van der Waals surface area contributed by atoms with Crippen molar-refractivity contribution in [2.24, 2.45) is 0 Å². The second kappa shape index (κ2) is 6.17. The maximum Gasteiger partial charge on any atom is 0.171 e. The van der Waals surface area contributed by atoms with Crippen molar-refractivity contribution in [3.05, 3.63) is 12.3 Å². The van der Waals surface area contributed by atoms with Crippen molar-refractivity contribution >= 4 is 11.5 Å². The molecule has 0 spiro atoms. The summed E-state index contributed by atoms with van der Waals surface area (Å²) in [6.45, 7) is 11.9. The molecule has 4 heterocycles. The lowest BCUT2D eigenvalue weighted by atomic mass is 10.1. The van der Waals surface area contributed by atoms with Crippen LogP contribution in [0.25, 0.3) is 0 Å². The zero-order chi connectivity index (χ0) is 15.8. The lowest BCUT2D eigenvalue weighted by Crippen LogP contribution is -2.58. The van der Waals surface area contributed by atoms with Gasteiger partial charge < -0.3 is 19.3 Å². The van der Waals surface area contributed by atoms with Crippen molar-refractivity contribution in [3.8, 4) is 5.75 Å². The molecule has 1 unspecified atom stereocenters. The number of fused-ring (bicyclic) bond motifs is 3. The Morgan fingerprint density at radius 1 is 1.17 bits per heavy atom. The number of piperazine rings is 1. The van der Waals surface area contributed by atoms with Gasteiger partial charge in [-0.3, -0.25) is 4.90 Å². The van der Waals surface area contributed by atoms with Gasteiger partial charge in [-0.15, -0.1) is 0 Å². The molecule has 126 valence electrons. The fourth-order valence-corrected chi connectivity index (χ4v) is 3.70. The number of pyridine rings is 1. The second-order valence-corrected chi connectivity index (χ2v) is 6.86. The number of aromatic nitrogens is 1. The Balaban J connectivity index is 1.53. The van der Waals surface area contributed by atoms with Gasteiger partial charge in [0.05, 0.1) is 31.1 Å². The van der Waals surface area contributed by atoms with Crippen LogP contribution in [0.4, 0.5) is 11.5 Å². The first-order valence-corrected chi connectivity index (χ1v) is 8.68. The van der Waals surface area contributed by atoms with Gasteiger partial charge in [0.1, 0.15) is 6.61 Å². The number of ether oxygens (including phenoxy) is 2. The van der Waals surface area contributed by atoms with Crippen molar-refractivity contribution in [1.29, 1.82) is 0 Å². The highest BCUT2D eigenvalue weighted by Crippen LogP contribution is 2.36. The predicted octanol–water partition coefficient (Wildman–Crippen LogP) is 1.21. The van der Waals surface area contributed by atoms with Gasteiger partial charge in [0, 0.05) is 44.8 Å². The van der Waals surface area contributed by atoms with Crippen LogP contribution >= 0.6 is 0 Å². The van der Waals surface area contributed by atoms with Crippen molar-refractivity contribution in [2.75, 3.05) is 62.3 Å². The zero-order valence-electron chi connectivity index (χ0n) is 14.1. The molecule has 4 rings (SSSR count). The fraction of sp³-hybridized carbons (Fsp3) is 0.706. The molecule has 0 saturated carbocycles. The Hall–Kier alpha value is -1.53. The lowest BCUT2D eigenvalue weighted by Gasteiger charge is -2.46.